The number of carbonyl (C=O) groups is 2. The Labute approximate surface area is 154 Å². The Morgan fingerprint density at radius 1 is 1.15 bits per heavy atom. The molecule has 1 fully saturated rings. The second kappa shape index (κ2) is 5.63. The molecule has 2 aliphatic rings. The van der Waals surface area contributed by atoms with Crippen molar-refractivity contribution in [2.24, 2.45) is 18.4 Å². The number of ketones is 2. The zero-order valence-electron chi connectivity index (χ0n) is 16.0. The Morgan fingerprint density at radius 3 is 2.54 bits per heavy atom. The van der Waals surface area contributed by atoms with Crippen molar-refractivity contribution in [3.05, 3.63) is 52.8 Å². The first-order valence-electron chi connectivity index (χ1n) is 9.46. The maximum atomic E-state index is 13.1. The van der Waals surface area contributed by atoms with Gasteiger partial charge < -0.3 is 0 Å². The number of hydrogen-bond donors (Lipinski definition) is 0. The molecule has 2 atom stereocenters. The molecule has 4 heteroatoms. The van der Waals surface area contributed by atoms with Crippen LogP contribution >= 0.6 is 0 Å². The second-order valence-electron chi connectivity index (χ2n) is 8.65. The molecule has 0 spiro atoms. The third-order valence-corrected chi connectivity index (χ3v) is 6.85. The predicted molar refractivity (Wildman–Crippen MR) is 100 cm³/mol. The number of fused-ring (bicyclic) bond motifs is 3. The summed E-state index contributed by atoms with van der Waals surface area (Å²) >= 11 is 0. The van der Waals surface area contributed by atoms with E-state index in [0.29, 0.717) is 23.5 Å². The smallest absolute Gasteiger partial charge is 0.211 e. The van der Waals surface area contributed by atoms with Gasteiger partial charge in [0.1, 0.15) is 11.5 Å². The summed E-state index contributed by atoms with van der Waals surface area (Å²) in [5.41, 5.74) is 3.07. The van der Waals surface area contributed by atoms with Crippen LogP contribution in [0.5, 0.6) is 0 Å². The number of hydrogen-bond acceptors (Lipinski definition) is 3. The summed E-state index contributed by atoms with van der Waals surface area (Å²) in [5, 5.41) is 4.83. The van der Waals surface area contributed by atoms with Crippen LogP contribution in [0, 0.1) is 11.3 Å². The van der Waals surface area contributed by atoms with E-state index >= 15 is 0 Å². The van der Waals surface area contributed by atoms with E-state index in [-0.39, 0.29) is 22.5 Å². The molecule has 0 unspecified atom stereocenters. The van der Waals surface area contributed by atoms with Crippen molar-refractivity contribution in [2.75, 3.05) is 0 Å². The molecule has 1 saturated carbocycles. The van der Waals surface area contributed by atoms with Crippen LogP contribution in [0.25, 0.3) is 0 Å². The molecule has 4 nitrogen and oxygen atoms in total. The Kier molecular flexibility index (Phi) is 3.73. The van der Waals surface area contributed by atoms with Crippen LogP contribution in [0.2, 0.25) is 0 Å². The van der Waals surface area contributed by atoms with E-state index in [1.54, 1.807) is 4.68 Å². The third kappa shape index (κ3) is 2.24. The van der Waals surface area contributed by atoms with Gasteiger partial charge in [-0.2, -0.15) is 5.10 Å². The predicted octanol–water partition coefficient (Wildman–Crippen LogP) is 3.86. The van der Waals surface area contributed by atoms with Gasteiger partial charge in [-0.1, -0.05) is 51.1 Å². The normalized spacial score (nSPS) is 26.9. The van der Waals surface area contributed by atoms with Gasteiger partial charge in [0, 0.05) is 35.4 Å². The maximum Gasteiger partial charge on any atom is 0.211 e. The average molecular weight is 350 g/mol. The molecule has 1 aromatic carbocycles. The first-order chi connectivity index (χ1) is 12.3. The molecule has 0 N–H and O–H groups in total. The Hall–Kier alpha value is -2.23. The number of nitrogens with zero attached hydrogens (tertiary/aromatic N) is 2. The van der Waals surface area contributed by atoms with E-state index in [0.717, 1.165) is 30.5 Å². The highest BCUT2D eigenvalue weighted by Crippen LogP contribution is 2.55. The van der Waals surface area contributed by atoms with Gasteiger partial charge in [-0.15, -0.1) is 0 Å². The fourth-order valence-electron chi connectivity index (χ4n) is 5.39. The van der Waals surface area contributed by atoms with Gasteiger partial charge in [0.05, 0.1) is 5.69 Å². The SMILES string of the molecule is Cn1nc2c(c1C(=O)c1ccccc1)CC[C@H]1C(C)(C)C(=O)CC[C@]21C. The number of benzene rings is 1. The molecule has 1 aromatic heterocycles. The second-order valence-corrected chi connectivity index (χ2v) is 8.65. The van der Waals surface area contributed by atoms with Crippen LogP contribution in [0.1, 0.15) is 67.3 Å². The minimum atomic E-state index is -0.328. The molecule has 136 valence electrons. The highest BCUT2D eigenvalue weighted by atomic mass is 16.1. The van der Waals surface area contributed by atoms with Crippen molar-refractivity contribution in [3.8, 4) is 0 Å². The molecule has 0 aliphatic heterocycles. The summed E-state index contributed by atoms with van der Waals surface area (Å²) in [7, 11) is 1.87. The Morgan fingerprint density at radius 2 is 1.85 bits per heavy atom. The van der Waals surface area contributed by atoms with E-state index in [1.165, 1.54) is 0 Å². The fraction of sp³-hybridized carbons (Fsp3) is 0.500. The highest BCUT2D eigenvalue weighted by Gasteiger charge is 2.55. The van der Waals surface area contributed by atoms with Crippen molar-refractivity contribution < 1.29 is 9.59 Å². The highest BCUT2D eigenvalue weighted by molar-refractivity contribution is 6.09. The van der Waals surface area contributed by atoms with Crippen LogP contribution in [0.3, 0.4) is 0 Å². The van der Waals surface area contributed by atoms with Gasteiger partial charge >= 0.3 is 0 Å². The third-order valence-electron chi connectivity index (χ3n) is 6.85. The van der Waals surface area contributed by atoms with E-state index < -0.39 is 0 Å². The molecule has 0 amide bonds. The Bertz CT molecular complexity index is 894. The molecule has 0 bridgehead atoms. The quantitative estimate of drug-likeness (QED) is 0.773. The molecule has 2 aliphatic carbocycles. The number of carbonyl (C=O) groups excluding carboxylic acids is 2. The van der Waals surface area contributed by atoms with Gasteiger partial charge in [0.2, 0.25) is 5.78 Å². The zero-order valence-corrected chi connectivity index (χ0v) is 16.0. The number of aryl methyl sites for hydroxylation is 1. The number of Topliss-reactive ketones (excluding diaryl/α,β-unsaturated/α-hetero) is 1. The molecule has 26 heavy (non-hydrogen) atoms. The minimum Gasteiger partial charge on any atom is -0.299 e. The molecule has 1 heterocycles. The number of rotatable bonds is 2. The summed E-state index contributed by atoms with van der Waals surface area (Å²) in [4.78, 5) is 25.6. The van der Waals surface area contributed by atoms with E-state index in [9.17, 15) is 9.59 Å². The lowest BCUT2D eigenvalue weighted by Crippen LogP contribution is -2.52. The van der Waals surface area contributed by atoms with Crippen LogP contribution < -0.4 is 0 Å². The van der Waals surface area contributed by atoms with Crippen molar-refractivity contribution in [3.63, 3.8) is 0 Å². The summed E-state index contributed by atoms with van der Waals surface area (Å²) in [6.45, 7) is 6.41. The standard InChI is InChI=1S/C22H26N2O2/c1-21(2)16-11-10-15-18(19(26)14-8-6-5-7-9-14)24(4)23-20(15)22(16,3)13-12-17(21)25/h5-9,16H,10-13H2,1-4H3/t16-,22-/m0/s1. The summed E-state index contributed by atoms with van der Waals surface area (Å²) in [6, 6.07) is 9.42. The first-order valence-corrected chi connectivity index (χ1v) is 9.46. The molecule has 0 radical (unpaired) electrons. The van der Waals surface area contributed by atoms with Crippen LogP contribution in [-0.4, -0.2) is 21.3 Å². The first kappa shape index (κ1) is 17.2. The van der Waals surface area contributed by atoms with Gasteiger partial charge in [-0.3, -0.25) is 14.3 Å². The molecule has 2 aromatic rings. The van der Waals surface area contributed by atoms with Crippen LogP contribution in [0.4, 0.5) is 0 Å². The molecule has 4 rings (SSSR count). The van der Waals surface area contributed by atoms with Gasteiger partial charge in [-0.25, -0.2) is 0 Å². The van der Waals surface area contributed by atoms with Crippen LogP contribution in [0.15, 0.2) is 30.3 Å². The van der Waals surface area contributed by atoms with Crippen molar-refractivity contribution >= 4 is 11.6 Å². The van der Waals surface area contributed by atoms with E-state index in [4.69, 9.17) is 5.10 Å². The monoisotopic (exact) mass is 350 g/mol. The zero-order chi connectivity index (χ0) is 18.7. The number of aromatic nitrogens is 2. The van der Waals surface area contributed by atoms with Crippen LogP contribution in [-0.2, 0) is 23.7 Å². The van der Waals surface area contributed by atoms with E-state index in [1.807, 2.05) is 37.4 Å². The molecule has 0 saturated heterocycles. The fourth-order valence-corrected chi connectivity index (χ4v) is 5.39. The maximum absolute atomic E-state index is 13.1. The van der Waals surface area contributed by atoms with Gasteiger partial charge in [-0.05, 0) is 25.2 Å². The largest absolute Gasteiger partial charge is 0.299 e. The van der Waals surface area contributed by atoms with Crippen molar-refractivity contribution in [1.82, 2.24) is 9.78 Å². The van der Waals surface area contributed by atoms with Crippen molar-refractivity contribution in [2.45, 2.75) is 51.9 Å². The lowest BCUT2D eigenvalue weighted by Gasteiger charge is -2.51. The van der Waals surface area contributed by atoms with Gasteiger partial charge in [0.25, 0.3) is 0 Å². The summed E-state index contributed by atoms with van der Waals surface area (Å²) in [6.07, 6.45) is 3.16. The Balaban J connectivity index is 1.83. The summed E-state index contributed by atoms with van der Waals surface area (Å²) in [5.74, 6) is 0.674. The molecular weight excluding hydrogens is 324 g/mol. The van der Waals surface area contributed by atoms with E-state index in [2.05, 4.69) is 20.8 Å². The average Bonchev–Trinajstić information content (AvgIpc) is 2.96. The van der Waals surface area contributed by atoms with Gasteiger partial charge in [0.15, 0.2) is 0 Å². The summed E-state index contributed by atoms with van der Waals surface area (Å²) < 4.78 is 1.76. The van der Waals surface area contributed by atoms with Crippen molar-refractivity contribution in [1.29, 1.82) is 0 Å². The lowest BCUT2D eigenvalue weighted by atomic mass is 9.51. The molecular formula is C22H26N2O2. The topological polar surface area (TPSA) is 52.0 Å². The lowest BCUT2D eigenvalue weighted by molar-refractivity contribution is -0.137. The minimum absolute atomic E-state index is 0.0371.